The van der Waals surface area contributed by atoms with Crippen molar-refractivity contribution in [3.63, 3.8) is 0 Å². The lowest BCUT2D eigenvalue weighted by molar-refractivity contribution is 0.176. The van der Waals surface area contributed by atoms with E-state index in [1.165, 1.54) is 48.3 Å². The molecule has 0 aliphatic rings. The molecule has 174 valence electrons. The van der Waals surface area contributed by atoms with Gasteiger partial charge < -0.3 is 0 Å². The van der Waals surface area contributed by atoms with Crippen LogP contribution in [0.1, 0.15) is 77.3 Å². The summed E-state index contributed by atoms with van der Waals surface area (Å²) in [5, 5.41) is 0. The van der Waals surface area contributed by atoms with E-state index in [0.717, 1.165) is 25.3 Å². The molecule has 5 heteroatoms. The van der Waals surface area contributed by atoms with Crippen LogP contribution in [-0.2, 0) is 12.8 Å². The molecule has 0 bridgehead atoms. The molecular weight excluding hydrogens is 394 g/mol. The van der Waals surface area contributed by atoms with Crippen molar-refractivity contribution in [2.24, 2.45) is 0 Å². The van der Waals surface area contributed by atoms with Gasteiger partial charge in [0.2, 0.25) is 5.95 Å². The number of hydrogen-bond donors (Lipinski definition) is 0. The lowest BCUT2D eigenvalue weighted by atomic mass is 10.1. The van der Waals surface area contributed by atoms with Crippen LogP contribution in [0.3, 0.4) is 0 Å². The van der Waals surface area contributed by atoms with E-state index in [2.05, 4.69) is 80.3 Å². The van der Waals surface area contributed by atoms with Gasteiger partial charge in [-0.2, -0.15) is 0 Å². The normalized spacial score (nSPS) is 11.9. The number of unbranched alkanes of at least 4 members (excludes halogenated alkanes) is 3. The molecule has 0 N–H and O–H groups in total. The average molecular weight is 436 g/mol. The van der Waals surface area contributed by atoms with Crippen molar-refractivity contribution in [3.05, 3.63) is 59.9 Å². The molecule has 0 amide bonds. The Bertz CT molecular complexity index is 927. The molecule has 2 aromatic heterocycles. The molecule has 0 saturated carbocycles. The van der Waals surface area contributed by atoms with Crippen molar-refractivity contribution >= 4 is 0 Å². The molecule has 3 rings (SSSR count). The number of rotatable bonds is 12. The molecule has 3 aromatic rings. The lowest BCUT2D eigenvalue weighted by Crippen LogP contribution is -2.38. The molecule has 2 heterocycles. The number of aryl methyl sites for hydroxylation is 2. The summed E-state index contributed by atoms with van der Waals surface area (Å²) < 4.78 is 4.40. The SMILES string of the molecule is CCCCCCc1nc(-n2ccnc2)n(-c2ccc(C)cc2)c1CCN(C(C)C)C(C)C. The van der Waals surface area contributed by atoms with E-state index in [-0.39, 0.29) is 0 Å². The van der Waals surface area contributed by atoms with E-state index < -0.39 is 0 Å². The summed E-state index contributed by atoms with van der Waals surface area (Å²) >= 11 is 0. The van der Waals surface area contributed by atoms with Gasteiger partial charge in [-0.25, -0.2) is 9.97 Å². The first kappa shape index (κ1) is 24.2. The van der Waals surface area contributed by atoms with Crippen LogP contribution in [-0.4, -0.2) is 42.6 Å². The molecule has 0 unspecified atom stereocenters. The highest BCUT2D eigenvalue weighted by molar-refractivity contribution is 5.43. The van der Waals surface area contributed by atoms with Crippen LogP contribution < -0.4 is 0 Å². The highest BCUT2D eigenvalue weighted by Gasteiger charge is 2.21. The molecule has 0 radical (unpaired) electrons. The maximum Gasteiger partial charge on any atom is 0.220 e. The number of imidazole rings is 2. The van der Waals surface area contributed by atoms with Gasteiger partial charge in [0.25, 0.3) is 0 Å². The first-order valence-electron chi connectivity index (χ1n) is 12.3. The monoisotopic (exact) mass is 435 g/mol. The van der Waals surface area contributed by atoms with Gasteiger partial charge in [0, 0.05) is 48.8 Å². The van der Waals surface area contributed by atoms with E-state index in [9.17, 15) is 0 Å². The predicted molar refractivity (Wildman–Crippen MR) is 134 cm³/mol. The van der Waals surface area contributed by atoms with Gasteiger partial charge >= 0.3 is 0 Å². The van der Waals surface area contributed by atoms with Gasteiger partial charge in [0.05, 0.1) is 5.69 Å². The van der Waals surface area contributed by atoms with Crippen molar-refractivity contribution in [3.8, 4) is 11.6 Å². The number of aromatic nitrogens is 4. The minimum Gasteiger partial charge on any atom is -0.298 e. The minimum atomic E-state index is 0.520. The highest BCUT2D eigenvalue weighted by Crippen LogP contribution is 2.25. The fourth-order valence-corrected chi connectivity index (χ4v) is 4.52. The maximum atomic E-state index is 5.18. The second-order valence-electron chi connectivity index (χ2n) is 9.43. The Balaban J connectivity index is 2.05. The Morgan fingerprint density at radius 2 is 1.66 bits per heavy atom. The summed E-state index contributed by atoms with van der Waals surface area (Å²) in [7, 11) is 0. The predicted octanol–water partition coefficient (Wildman–Crippen LogP) is 6.15. The fraction of sp³-hybridized carbons (Fsp3) is 0.556. The third-order valence-electron chi connectivity index (χ3n) is 6.27. The molecule has 0 aliphatic heterocycles. The Hall–Kier alpha value is -2.40. The topological polar surface area (TPSA) is 38.9 Å². The van der Waals surface area contributed by atoms with Crippen LogP contribution in [0.2, 0.25) is 0 Å². The number of nitrogens with zero attached hydrogens (tertiary/aromatic N) is 5. The Kier molecular flexibility index (Phi) is 8.68. The molecule has 0 saturated heterocycles. The van der Waals surface area contributed by atoms with E-state index in [4.69, 9.17) is 4.98 Å². The molecule has 0 fully saturated rings. The van der Waals surface area contributed by atoms with E-state index in [0.29, 0.717) is 12.1 Å². The van der Waals surface area contributed by atoms with Gasteiger partial charge in [-0.3, -0.25) is 14.0 Å². The number of benzene rings is 1. The molecule has 0 aliphatic carbocycles. The molecule has 1 aromatic carbocycles. The van der Waals surface area contributed by atoms with Crippen LogP contribution >= 0.6 is 0 Å². The van der Waals surface area contributed by atoms with Crippen molar-refractivity contribution in [1.82, 2.24) is 24.0 Å². The van der Waals surface area contributed by atoms with Crippen molar-refractivity contribution in [2.45, 2.75) is 92.2 Å². The molecule has 32 heavy (non-hydrogen) atoms. The van der Waals surface area contributed by atoms with Crippen LogP contribution in [0, 0.1) is 6.92 Å². The third kappa shape index (κ3) is 5.89. The van der Waals surface area contributed by atoms with Crippen LogP contribution in [0.25, 0.3) is 11.6 Å². The molecule has 0 atom stereocenters. The van der Waals surface area contributed by atoms with Gasteiger partial charge in [-0.15, -0.1) is 0 Å². The smallest absolute Gasteiger partial charge is 0.220 e. The van der Waals surface area contributed by atoms with Crippen LogP contribution in [0.15, 0.2) is 43.0 Å². The molecule has 0 spiro atoms. The minimum absolute atomic E-state index is 0.520. The van der Waals surface area contributed by atoms with Crippen molar-refractivity contribution in [1.29, 1.82) is 0 Å². The molecular formula is C27H41N5. The maximum absolute atomic E-state index is 5.18. The van der Waals surface area contributed by atoms with E-state index in [1.807, 2.05) is 23.3 Å². The van der Waals surface area contributed by atoms with Crippen LogP contribution in [0.5, 0.6) is 0 Å². The Morgan fingerprint density at radius 1 is 0.938 bits per heavy atom. The Morgan fingerprint density at radius 3 is 2.25 bits per heavy atom. The summed E-state index contributed by atoms with van der Waals surface area (Å²) in [6.07, 6.45) is 12.7. The average Bonchev–Trinajstić information content (AvgIpc) is 3.40. The second kappa shape index (κ2) is 11.5. The zero-order valence-corrected chi connectivity index (χ0v) is 20.9. The highest BCUT2D eigenvalue weighted by atomic mass is 15.3. The quantitative estimate of drug-likeness (QED) is 0.320. The van der Waals surface area contributed by atoms with Gasteiger partial charge in [0.15, 0.2) is 0 Å². The summed E-state index contributed by atoms with van der Waals surface area (Å²) in [6.45, 7) is 14.6. The second-order valence-corrected chi connectivity index (χ2v) is 9.43. The zero-order chi connectivity index (χ0) is 23.1. The summed E-state index contributed by atoms with van der Waals surface area (Å²) in [5.74, 6) is 0.937. The van der Waals surface area contributed by atoms with E-state index >= 15 is 0 Å². The third-order valence-corrected chi connectivity index (χ3v) is 6.27. The van der Waals surface area contributed by atoms with E-state index in [1.54, 1.807) is 0 Å². The van der Waals surface area contributed by atoms with Crippen molar-refractivity contribution < 1.29 is 0 Å². The Labute approximate surface area is 194 Å². The number of hydrogen-bond acceptors (Lipinski definition) is 3. The van der Waals surface area contributed by atoms with Gasteiger partial charge in [-0.05, 0) is 59.6 Å². The lowest BCUT2D eigenvalue weighted by Gasteiger charge is -2.30. The first-order chi connectivity index (χ1) is 15.4. The van der Waals surface area contributed by atoms with Gasteiger partial charge in [0.1, 0.15) is 6.33 Å². The summed E-state index contributed by atoms with van der Waals surface area (Å²) in [4.78, 5) is 12.1. The van der Waals surface area contributed by atoms with Crippen molar-refractivity contribution in [2.75, 3.05) is 6.54 Å². The summed E-state index contributed by atoms with van der Waals surface area (Å²) in [6, 6.07) is 9.84. The standard InChI is InChI=1S/C27H41N5/c1-7-8-9-10-11-25-26(16-18-31(21(2)3)22(4)5)32(24-14-12-23(6)13-15-24)27(29-25)30-19-17-28-20-30/h12-15,17,19-22H,7-11,16,18H2,1-6H3. The summed E-state index contributed by atoms with van der Waals surface area (Å²) in [5.41, 5.74) is 5.01. The largest absolute Gasteiger partial charge is 0.298 e. The molecule has 5 nitrogen and oxygen atoms in total. The zero-order valence-electron chi connectivity index (χ0n) is 20.9. The van der Waals surface area contributed by atoms with Crippen LogP contribution in [0.4, 0.5) is 0 Å². The first-order valence-corrected chi connectivity index (χ1v) is 12.3. The van der Waals surface area contributed by atoms with Gasteiger partial charge in [-0.1, -0.05) is 43.9 Å². The fourth-order valence-electron chi connectivity index (χ4n) is 4.52.